The summed E-state index contributed by atoms with van der Waals surface area (Å²) in [5, 5.41) is 16.0. The van der Waals surface area contributed by atoms with Crippen LogP contribution in [0, 0.1) is 0 Å². The predicted molar refractivity (Wildman–Crippen MR) is 116 cm³/mol. The standard InChI is InChI=1S/C20H26N6O6/c1-11(17(28)31-5)22-18(29)24-15-12-8-6-7-9-13(12)16(23-15)26-25-14(27)10-21-19(30)32-20(2,3)4/h6-9,11,23H,10H2,1-5H3,(H,21,30)(H2,22,24,29)/t11-/m0/s1. The van der Waals surface area contributed by atoms with E-state index in [1.165, 1.54) is 14.0 Å². The van der Waals surface area contributed by atoms with E-state index >= 15 is 0 Å². The van der Waals surface area contributed by atoms with Gasteiger partial charge >= 0.3 is 18.1 Å². The van der Waals surface area contributed by atoms with E-state index in [2.05, 4.69) is 35.9 Å². The quantitative estimate of drug-likeness (QED) is 0.393. The lowest BCUT2D eigenvalue weighted by Crippen LogP contribution is -2.41. The minimum Gasteiger partial charge on any atom is -0.467 e. The molecular formula is C20H26N6O6. The molecule has 0 aliphatic rings. The molecule has 0 bridgehead atoms. The summed E-state index contributed by atoms with van der Waals surface area (Å²) in [6.07, 6.45) is -0.745. The molecule has 0 unspecified atom stereocenters. The number of esters is 1. The molecule has 0 fully saturated rings. The van der Waals surface area contributed by atoms with Crippen molar-refractivity contribution in [2.75, 3.05) is 19.0 Å². The number of alkyl carbamates (subject to hydrolysis) is 1. The number of nitrogens with zero attached hydrogens (tertiary/aromatic N) is 2. The Morgan fingerprint density at radius 3 is 2.41 bits per heavy atom. The van der Waals surface area contributed by atoms with Crippen LogP contribution >= 0.6 is 0 Å². The number of aromatic amines is 1. The molecule has 0 aliphatic heterocycles. The number of nitrogens with one attached hydrogen (secondary N) is 4. The average molecular weight is 446 g/mol. The van der Waals surface area contributed by atoms with Crippen molar-refractivity contribution in [3.63, 3.8) is 0 Å². The van der Waals surface area contributed by atoms with E-state index < -0.39 is 42.2 Å². The molecule has 1 aromatic heterocycles. The highest BCUT2D eigenvalue weighted by atomic mass is 16.6. The van der Waals surface area contributed by atoms with Crippen LogP contribution in [0.25, 0.3) is 10.8 Å². The van der Waals surface area contributed by atoms with Crippen LogP contribution in [0.4, 0.5) is 21.2 Å². The highest BCUT2D eigenvalue weighted by molar-refractivity contribution is 6.05. The van der Waals surface area contributed by atoms with E-state index in [1.807, 2.05) is 0 Å². The number of azo groups is 1. The van der Waals surface area contributed by atoms with Crippen LogP contribution in [0.3, 0.4) is 0 Å². The Bertz CT molecular complexity index is 1040. The Hall–Kier alpha value is -3.96. The van der Waals surface area contributed by atoms with Gasteiger partial charge in [0, 0.05) is 10.8 Å². The van der Waals surface area contributed by atoms with Gasteiger partial charge in [-0.1, -0.05) is 24.3 Å². The molecule has 0 spiro atoms. The molecule has 12 heteroatoms. The number of aromatic nitrogens is 1. The Labute approximate surface area is 184 Å². The molecule has 0 radical (unpaired) electrons. The van der Waals surface area contributed by atoms with E-state index in [4.69, 9.17) is 4.74 Å². The zero-order chi connectivity index (χ0) is 23.9. The lowest BCUT2D eigenvalue weighted by Gasteiger charge is -2.19. The highest BCUT2D eigenvalue weighted by Crippen LogP contribution is 2.32. The van der Waals surface area contributed by atoms with Crippen molar-refractivity contribution in [1.29, 1.82) is 0 Å². The molecule has 1 aromatic carbocycles. The molecule has 172 valence electrons. The van der Waals surface area contributed by atoms with Gasteiger partial charge in [-0.3, -0.25) is 10.1 Å². The molecule has 2 rings (SSSR count). The normalized spacial score (nSPS) is 12.3. The Balaban J connectivity index is 2.08. The third kappa shape index (κ3) is 7.07. The number of amides is 4. The Morgan fingerprint density at radius 2 is 1.78 bits per heavy atom. The van der Waals surface area contributed by atoms with Gasteiger partial charge in [0.05, 0.1) is 7.11 Å². The van der Waals surface area contributed by atoms with E-state index in [1.54, 1.807) is 45.0 Å². The van der Waals surface area contributed by atoms with Crippen LogP contribution in [0.1, 0.15) is 27.7 Å². The Kier molecular flexibility index (Phi) is 7.88. The number of carbonyl (C=O) groups is 4. The zero-order valence-electron chi connectivity index (χ0n) is 18.4. The maximum Gasteiger partial charge on any atom is 0.408 e. The van der Waals surface area contributed by atoms with Crippen molar-refractivity contribution < 1.29 is 28.7 Å². The number of ether oxygens (including phenoxy) is 2. The maximum absolute atomic E-state index is 12.2. The summed E-state index contributed by atoms with van der Waals surface area (Å²) in [6, 6.07) is 5.48. The van der Waals surface area contributed by atoms with Crippen molar-refractivity contribution >= 4 is 46.4 Å². The summed E-state index contributed by atoms with van der Waals surface area (Å²) in [7, 11) is 1.22. The summed E-state index contributed by atoms with van der Waals surface area (Å²) in [5.74, 6) is -0.774. The second-order valence-corrected chi connectivity index (χ2v) is 7.69. The minimum absolute atomic E-state index is 0.225. The van der Waals surface area contributed by atoms with Crippen molar-refractivity contribution in [3.05, 3.63) is 24.3 Å². The molecular weight excluding hydrogens is 420 g/mol. The first-order valence-corrected chi connectivity index (χ1v) is 9.67. The second-order valence-electron chi connectivity index (χ2n) is 7.69. The van der Waals surface area contributed by atoms with Crippen LogP contribution in [0.5, 0.6) is 0 Å². The largest absolute Gasteiger partial charge is 0.467 e. The highest BCUT2D eigenvalue weighted by Gasteiger charge is 2.18. The van der Waals surface area contributed by atoms with Crippen molar-refractivity contribution in [2.24, 2.45) is 10.2 Å². The van der Waals surface area contributed by atoms with Gasteiger partial charge in [0.2, 0.25) is 0 Å². The maximum atomic E-state index is 12.2. The number of anilines is 1. The molecule has 4 amide bonds. The van der Waals surface area contributed by atoms with Gasteiger partial charge in [-0.2, -0.15) is 0 Å². The van der Waals surface area contributed by atoms with Gasteiger partial charge in [0.1, 0.15) is 24.0 Å². The van der Waals surface area contributed by atoms with Crippen LogP contribution in [-0.4, -0.2) is 54.3 Å². The molecule has 0 saturated heterocycles. The summed E-state index contributed by atoms with van der Waals surface area (Å²) in [6.45, 7) is 6.19. The minimum atomic E-state index is -0.851. The Morgan fingerprint density at radius 1 is 1.12 bits per heavy atom. The third-order valence-corrected chi connectivity index (χ3v) is 3.88. The summed E-state index contributed by atoms with van der Waals surface area (Å²) in [4.78, 5) is 50.1. The topological polar surface area (TPSA) is 163 Å². The second kappa shape index (κ2) is 10.4. The van der Waals surface area contributed by atoms with Crippen LogP contribution in [0.2, 0.25) is 0 Å². The van der Waals surface area contributed by atoms with Crippen molar-refractivity contribution in [3.8, 4) is 0 Å². The fraction of sp³-hybridized carbons (Fsp3) is 0.400. The number of H-pyrrole nitrogens is 1. The number of urea groups is 1. The number of hydrogen-bond acceptors (Lipinski definition) is 7. The van der Waals surface area contributed by atoms with Gasteiger partial charge in [0.15, 0.2) is 5.82 Å². The first-order valence-electron chi connectivity index (χ1n) is 9.67. The van der Waals surface area contributed by atoms with Crippen LogP contribution < -0.4 is 16.0 Å². The molecule has 4 N–H and O–H groups in total. The molecule has 1 heterocycles. The molecule has 32 heavy (non-hydrogen) atoms. The molecule has 0 saturated carbocycles. The number of hydrogen-bond donors (Lipinski definition) is 4. The van der Waals surface area contributed by atoms with Crippen molar-refractivity contribution in [2.45, 2.75) is 39.3 Å². The molecule has 0 aliphatic carbocycles. The van der Waals surface area contributed by atoms with Gasteiger partial charge in [-0.05, 0) is 27.7 Å². The fourth-order valence-electron chi connectivity index (χ4n) is 2.52. The summed E-state index contributed by atoms with van der Waals surface area (Å²) >= 11 is 0. The first-order chi connectivity index (χ1) is 15.0. The smallest absolute Gasteiger partial charge is 0.408 e. The van der Waals surface area contributed by atoms with Crippen LogP contribution in [-0.2, 0) is 19.1 Å². The van der Waals surface area contributed by atoms with Gasteiger partial charge < -0.3 is 25.1 Å². The van der Waals surface area contributed by atoms with E-state index in [-0.39, 0.29) is 5.82 Å². The molecule has 12 nitrogen and oxygen atoms in total. The zero-order valence-corrected chi connectivity index (χ0v) is 18.4. The number of fused-ring (bicyclic) bond motifs is 1. The van der Waals surface area contributed by atoms with E-state index in [0.29, 0.717) is 16.6 Å². The van der Waals surface area contributed by atoms with E-state index in [9.17, 15) is 19.2 Å². The van der Waals surface area contributed by atoms with Crippen LogP contribution in [0.15, 0.2) is 34.5 Å². The number of benzene rings is 1. The van der Waals surface area contributed by atoms with Gasteiger partial charge in [-0.25, -0.2) is 14.4 Å². The molecule has 1 atom stereocenters. The number of carbonyl (C=O) groups excluding carboxylic acids is 4. The van der Waals surface area contributed by atoms with Gasteiger partial charge in [0.25, 0.3) is 5.91 Å². The van der Waals surface area contributed by atoms with E-state index in [0.717, 1.165) is 0 Å². The average Bonchev–Trinajstić information content (AvgIpc) is 3.06. The third-order valence-electron chi connectivity index (χ3n) is 3.88. The lowest BCUT2D eigenvalue weighted by atomic mass is 10.2. The number of methoxy groups -OCH3 is 1. The first kappa shape index (κ1) is 24.3. The SMILES string of the molecule is COC(=O)[C@H](C)NC(=O)Nc1[nH]c(N=NC(=O)CNC(=O)OC(C)(C)C)c2ccccc12. The molecule has 2 aromatic rings. The van der Waals surface area contributed by atoms with Gasteiger partial charge in [-0.15, -0.1) is 10.2 Å². The van der Waals surface area contributed by atoms with Crippen molar-refractivity contribution in [1.82, 2.24) is 15.6 Å². The lowest BCUT2D eigenvalue weighted by molar-refractivity contribution is -0.142. The number of rotatable bonds is 6. The fourth-order valence-corrected chi connectivity index (χ4v) is 2.52. The monoisotopic (exact) mass is 446 g/mol. The summed E-state index contributed by atoms with van der Waals surface area (Å²) < 4.78 is 9.61. The predicted octanol–water partition coefficient (Wildman–Crippen LogP) is 2.99. The summed E-state index contributed by atoms with van der Waals surface area (Å²) in [5.41, 5.74) is -0.692.